The first-order chi connectivity index (χ1) is 10.4. The van der Waals surface area contributed by atoms with Crippen LogP contribution in [0.2, 0.25) is 10.0 Å². The summed E-state index contributed by atoms with van der Waals surface area (Å²) in [5.74, 6) is -0.352. The van der Waals surface area contributed by atoms with Crippen molar-refractivity contribution in [3.05, 3.63) is 54.3 Å². The van der Waals surface area contributed by atoms with Crippen molar-refractivity contribution in [2.75, 3.05) is 0 Å². The number of aromatic nitrogens is 1. The van der Waals surface area contributed by atoms with E-state index in [2.05, 4.69) is 4.98 Å². The summed E-state index contributed by atoms with van der Waals surface area (Å²) in [5.41, 5.74) is 0.683. The molecule has 0 saturated carbocycles. The molecule has 0 bridgehead atoms. The number of aryl methyl sites for hydroxylation is 1. The van der Waals surface area contributed by atoms with E-state index < -0.39 is 0 Å². The van der Waals surface area contributed by atoms with Crippen LogP contribution in [0.25, 0.3) is 0 Å². The summed E-state index contributed by atoms with van der Waals surface area (Å²) in [6.45, 7) is 3.43. The van der Waals surface area contributed by atoms with Crippen LogP contribution in [0, 0.1) is 6.92 Å². The summed E-state index contributed by atoms with van der Waals surface area (Å²) in [7, 11) is 0. The Morgan fingerprint density at radius 2 is 1.82 bits per heavy atom. The Balaban J connectivity index is 2.02. The summed E-state index contributed by atoms with van der Waals surface area (Å²) in [4.78, 5) is 30.7. The number of carbonyl (C=O) groups excluding carboxylic acids is 2. The van der Waals surface area contributed by atoms with Gasteiger partial charge in [-0.3, -0.25) is 9.59 Å². The van der Waals surface area contributed by atoms with Crippen molar-refractivity contribution in [1.29, 1.82) is 0 Å². The Morgan fingerprint density at radius 3 is 2.50 bits per heavy atom. The van der Waals surface area contributed by atoms with Gasteiger partial charge in [0.25, 0.3) is 0 Å². The molecule has 0 unspecified atom stereocenters. The highest BCUT2D eigenvalue weighted by Crippen LogP contribution is 2.39. The molecule has 3 nitrogen and oxygen atoms in total. The number of hydrogen-bond acceptors (Lipinski definition) is 5. The summed E-state index contributed by atoms with van der Waals surface area (Å²) in [5, 5.41) is 1.57. The number of halogens is 2. The Bertz CT molecular complexity index is 855. The topological polar surface area (TPSA) is 47.0 Å². The molecule has 1 aliphatic carbocycles. The predicted molar refractivity (Wildman–Crippen MR) is 90.5 cm³/mol. The molecule has 0 saturated heterocycles. The zero-order chi connectivity index (χ0) is 16.0. The van der Waals surface area contributed by atoms with E-state index in [0.717, 1.165) is 4.90 Å². The number of nitrogens with zero attached hydrogens (tertiary/aromatic N) is 1. The van der Waals surface area contributed by atoms with Crippen molar-refractivity contribution in [1.82, 2.24) is 4.98 Å². The lowest BCUT2D eigenvalue weighted by Crippen LogP contribution is -2.18. The fourth-order valence-electron chi connectivity index (χ4n) is 2.07. The molecule has 0 fully saturated rings. The van der Waals surface area contributed by atoms with Gasteiger partial charge in [-0.25, -0.2) is 4.98 Å². The molecule has 2 aromatic rings. The fourth-order valence-corrected chi connectivity index (χ4v) is 4.35. The molecule has 0 spiro atoms. The highest BCUT2D eigenvalue weighted by atomic mass is 35.5. The number of fused-ring (bicyclic) bond motifs is 1. The van der Waals surface area contributed by atoms with E-state index in [1.807, 2.05) is 0 Å². The Hall–Kier alpha value is -1.14. The minimum Gasteiger partial charge on any atom is -0.287 e. The molecule has 0 radical (unpaired) electrons. The lowest BCUT2D eigenvalue weighted by molar-refractivity contribution is 0.0981. The van der Waals surface area contributed by atoms with Gasteiger partial charge in [-0.2, -0.15) is 0 Å². The summed E-state index contributed by atoms with van der Waals surface area (Å²) in [6.07, 6.45) is 0. The molecule has 1 heterocycles. The quantitative estimate of drug-likeness (QED) is 0.729. The standard InChI is InChI=1S/C15H9Cl2NO2S2/c1-6-12(19)11-15(21-7(2)18-11)13(20)14(6)22-8-3-4-9(16)10(17)5-8/h3-5H,1-2H3. The second kappa shape index (κ2) is 5.81. The number of ketones is 2. The maximum absolute atomic E-state index is 12.6. The largest absolute Gasteiger partial charge is 0.287 e. The van der Waals surface area contributed by atoms with Crippen LogP contribution >= 0.6 is 46.3 Å². The van der Waals surface area contributed by atoms with Gasteiger partial charge < -0.3 is 0 Å². The number of thiazole rings is 1. The third-order valence-electron chi connectivity index (χ3n) is 3.15. The third kappa shape index (κ3) is 2.63. The smallest absolute Gasteiger partial charge is 0.212 e. The molecular formula is C15H9Cl2NO2S2. The summed E-state index contributed by atoms with van der Waals surface area (Å²) in [6, 6.07) is 5.11. The van der Waals surface area contributed by atoms with Gasteiger partial charge in [-0.05, 0) is 32.0 Å². The van der Waals surface area contributed by atoms with Gasteiger partial charge in [0.15, 0.2) is 0 Å². The Labute approximate surface area is 145 Å². The first-order valence-electron chi connectivity index (χ1n) is 6.29. The molecule has 7 heteroatoms. The second-order valence-corrected chi connectivity index (χ2v) is 7.80. The van der Waals surface area contributed by atoms with Gasteiger partial charge in [0.05, 0.1) is 20.0 Å². The van der Waals surface area contributed by atoms with Crippen LogP contribution in [0.3, 0.4) is 0 Å². The maximum atomic E-state index is 12.6. The van der Waals surface area contributed by atoms with E-state index in [1.165, 1.54) is 23.1 Å². The molecule has 1 aromatic carbocycles. The fraction of sp³-hybridized carbons (Fsp3) is 0.133. The van der Waals surface area contributed by atoms with Crippen molar-refractivity contribution >= 4 is 57.9 Å². The van der Waals surface area contributed by atoms with Crippen molar-refractivity contribution in [2.45, 2.75) is 18.7 Å². The van der Waals surface area contributed by atoms with E-state index in [0.29, 0.717) is 30.4 Å². The van der Waals surface area contributed by atoms with Gasteiger partial charge in [0.1, 0.15) is 10.6 Å². The van der Waals surface area contributed by atoms with Crippen molar-refractivity contribution < 1.29 is 9.59 Å². The van der Waals surface area contributed by atoms with E-state index >= 15 is 0 Å². The SMILES string of the molecule is CC1=C(Sc2ccc(Cl)c(Cl)c2)C(=O)c2sc(C)nc2C1=O. The zero-order valence-corrected chi connectivity index (χ0v) is 14.7. The molecular weight excluding hydrogens is 361 g/mol. The van der Waals surface area contributed by atoms with Crippen molar-refractivity contribution in [3.63, 3.8) is 0 Å². The number of allylic oxidation sites excluding steroid dienone is 2. The number of benzene rings is 1. The van der Waals surface area contributed by atoms with Crippen LogP contribution in [0.15, 0.2) is 33.6 Å². The molecule has 112 valence electrons. The van der Waals surface area contributed by atoms with E-state index in [4.69, 9.17) is 23.2 Å². The number of Topliss-reactive ketones (excluding diaryl/α,β-unsaturated/α-hetero) is 2. The first-order valence-corrected chi connectivity index (χ1v) is 8.68. The normalized spacial score (nSPS) is 14.5. The molecule has 22 heavy (non-hydrogen) atoms. The minimum absolute atomic E-state index is 0.159. The average Bonchev–Trinajstić information content (AvgIpc) is 2.87. The summed E-state index contributed by atoms with van der Waals surface area (Å²) < 4.78 is 0. The molecule has 1 aromatic heterocycles. The predicted octanol–water partition coefficient (Wildman–Crippen LogP) is 5.20. The van der Waals surface area contributed by atoms with E-state index in [-0.39, 0.29) is 17.3 Å². The van der Waals surface area contributed by atoms with Gasteiger partial charge >= 0.3 is 0 Å². The number of thioether (sulfide) groups is 1. The van der Waals surface area contributed by atoms with Crippen LogP contribution < -0.4 is 0 Å². The molecule has 3 rings (SSSR count). The number of hydrogen-bond donors (Lipinski definition) is 0. The highest BCUT2D eigenvalue weighted by molar-refractivity contribution is 8.04. The second-order valence-electron chi connectivity index (χ2n) is 4.70. The molecule has 0 N–H and O–H groups in total. The van der Waals surface area contributed by atoms with Crippen LogP contribution in [-0.4, -0.2) is 16.6 Å². The van der Waals surface area contributed by atoms with Gasteiger partial charge in [0, 0.05) is 10.5 Å². The third-order valence-corrected chi connectivity index (χ3v) is 6.05. The first kappa shape index (κ1) is 15.7. The van der Waals surface area contributed by atoms with E-state index in [1.54, 1.807) is 32.0 Å². The van der Waals surface area contributed by atoms with Crippen LogP contribution in [0.5, 0.6) is 0 Å². The lowest BCUT2D eigenvalue weighted by atomic mass is 10.0. The lowest BCUT2D eigenvalue weighted by Gasteiger charge is -2.14. The van der Waals surface area contributed by atoms with Crippen LogP contribution in [-0.2, 0) is 0 Å². The monoisotopic (exact) mass is 369 g/mol. The van der Waals surface area contributed by atoms with Gasteiger partial charge in [0.2, 0.25) is 11.6 Å². The highest BCUT2D eigenvalue weighted by Gasteiger charge is 2.33. The van der Waals surface area contributed by atoms with Gasteiger partial charge in [-0.15, -0.1) is 11.3 Å². The zero-order valence-electron chi connectivity index (χ0n) is 11.6. The number of rotatable bonds is 2. The van der Waals surface area contributed by atoms with Gasteiger partial charge in [-0.1, -0.05) is 35.0 Å². The molecule has 0 amide bonds. The average molecular weight is 370 g/mol. The van der Waals surface area contributed by atoms with E-state index in [9.17, 15) is 9.59 Å². The van der Waals surface area contributed by atoms with Crippen molar-refractivity contribution in [2.24, 2.45) is 0 Å². The number of carbonyl (C=O) groups is 2. The Morgan fingerprint density at radius 1 is 1.09 bits per heavy atom. The minimum atomic E-state index is -0.193. The van der Waals surface area contributed by atoms with Crippen LogP contribution in [0.1, 0.15) is 32.1 Å². The summed E-state index contributed by atoms with van der Waals surface area (Å²) >= 11 is 14.4. The maximum Gasteiger partial charge on any atom is 0.212 e. The molecule has 0 aliphatic heterocycles. The Kier molecular flexibility index (Phi) is 4.16. The van der Waals surface area contributed by atoms with Crippen LogP contribution in [0.4, 0.5) is 0 Å². The molecule has 1 aliphatic rings. The molecule has 0 atom stereocenters. The van der Waals surface area contributed by atoms with Crippen molar-refractivity contribution in [3.8, 4) is 0 Å².